The topological polar surface area (TPSA) is 78.3 Å². The molecule has 0 amide bonds. The average Bonchev–Trinajstić information content (AvgIpc) is 3.23. The zero-order valence-corrected chi connectivity index (χ0v) is 20.4. The number of hydrogen-bond donors (Lipinski definition) is 1. The molecule has 1 aliphatic heterocycles. The third-order valence-electron chi connectivity index (χ3n) is 5.39. The molecule has 1 N–H and O–H groups in total. The first-order chi connectivity index (χ1) is 16.5. The van der Waals surface area contributed by atoms with Crippen LogP contribution in [0.1, 0.15) is 36.6 Å². The van der Waals surface area contributed by atoms with Crippen LogP contribution in [-0.4, -0.2) is 33.1 Å². The van der Waals surface area contributed by atoms with Gasteiger partial charge in [-0.1, -0.05) is 79.4 Å². The molecule has 0 spiro atoms. The number of aryl methyl sites for hydroxylation is 1. The number of esters is 1. The molecule has 7 nitrogen and oxygen atoms in total. The van der Waals surface area contributed by atoms with Gasteiger partial charge in [0, 0.05) is 11.3 Å². The van der Waals surface area contributed by atoms with Crippen LogP contribution in [0.3, 0.4) is 0 Å². The first-order valence-electron chi connectivity index (χ1n) is 11.1. The number of ether oxygens (including phenoxy) is 2. The number of aromatic nitrogens is 3. The number of allylic oxidation sites excluding steroid dienone is 1. The smallest absolute Gasteiger partial charge is 0.338 e. The Balaban J connectivity index is 1.75. The number of benzene rings is 2. The maximum Gasteiger partial charge on any atom is 0.338 e. The lowest BCUT2D eigenvalue weighted by atomic mass is 9.95. The van der Waals surface area contributed by atoms with Crippen LogP contribution >= 0.6 is 11.8 Å². The van der Waals surface area contributed by atoms with Gasteiger partial charge in [0.15, 0.2) is 0 Å². The monoisotopic (exact) mass is 476 g/mol. The molecule has 0 saturated heterocycles. The molecule has 8 heteroatoms. The average molecular weight is 477 g/mol. The van der Waals surface area contributed by atoms with Crippen molar-refractivity contribution in [2.75, 3.05) is 17.7 Å². The molecule has 2 aromatic carbocycles. The van der Waals surface area contributed by atoms with Crippen molar-refractivity contribution in [3.63, 3.8) is 0 Å². The minimum Gasteiger partial charge on any atom is -0.489 e. The molecule has 1 aromatic heterocycles. The van der Waals surface area contributed by atoms with Crippen molar-refractivity contribution in [3.8, 4) is 5.75 Å². The van der Waals surface area contributed by atoms with Gasteiger partial charge >= 0.3 is 5.97 Å². The van der Waals surface area contributed by atoms with Crippen LogP contribution in [0, 0.1) is 6.92 Å². The normalized spacial score (nSPS) is 14.9. The van der Waals surface area contributed by atoms with Crippen LogP contribution in [0.5, 0.6) is 5.75 Å². The second-order valence-corrected chi connectivity index (χ2v) is 9.09. The van der Waals surface area contributed by atoms with Gasteiger partial charge in [-0.2, -0.15) is 4.98 Å². The Morgan fingerprint density at radius 1 is 1.21 bits per heavy atom. The number of carbonyl (C=O) groups excluding carboxylic acids is 1. The third kappa shape index (κ3) is 5.02. The quantitative estimate of drug-likeness (QED) is 0.255. The fourth-order valence-electron chi connectivity index (χ4n) is 3.77. The van der Waals surface area contributed by atoms with E-state index in [4.69, 9.17) is 14.6 Å². The van der Waals surface area contributed by atoms with Gasteiger partial charge in [0.1, 0.15) is 25.0 Å². The lowest BCUT2D eigenvalue weighted by Gasteiger charge is -2.29. The summed E-state index contributed by atoms with van der Waals surface area (Å²) >= 11 is 1.54. The van der Waals surface area contributed by atoms with Crippen molar-refractivity contribution in [3.05, 3.63) is 89.1 Å². The van der Waals surface area contributed by atoms with Gasteiger partial charge in [-0.3, -0.25) is 0 Å². The molecular formula is C26H28N4O3S. The van der Waals surface area contributed by atoms with Crippen molar-refractivity contribution < 1.29 is 14.3 Å². The van der Waals surface area contributed by atoms with Crippen LogP contribution in [0.25, 0.3) is 0 Å². The molecule has 4 rings (SSSR count). The summed E-state index contributed by atoms with van der Waals surface area (Å²) in [6.45, 7) is 10.1. The largest absolute Gasteiger partial charge is 0.489 e. The molecule has 34 heavy (non-hydrogen) atoms. The molecule has 1 aliphatic rings. The highest BCUT2D eigenvalue weighted by Gasteiger charge is 2.36. The van der Waals surface area contributed by atoms with Gasteiger partial charge in [-0.15, -0.1) is 5.10 Å². The summed E-state index contributed by atoms with van der Waals surface area (Å²) in [6.07, 6.45) is 1.55. The van der Waals surface area contributed by atoms with Gasteiger partial charge in [0.2, 0.25) is 11.1 Å². The fraction of sp³-hybridized carbons (Fsp3) is 0.269. The fourth-order valence-corrected chi connectivity index (χ4v) is 4.32. The van der Waals surface area contributed by atoms with E-state index in [2.05, 4.69) is 35.9 Å². The number of anilines is 1. The van der Waals surface area contributed by atoms with Crippen molar-refractivity contribution in [2.45, 2.75) is 38.6 Å². The summed E-state index contributed by atoms with van der Waals surface area (Å²) in [5.41, 5.74) is 4.19. The Bertz CT molecular complexity index is 1220. The number of hydrogen-bond acceptors (Lipinski definition) is 7. The SMILES string of the molecule is C=CCOC(=O)C1=C(C)Nc2nc(SCC)nn2C1c1ccccc1OCc1ccc(C)cc1. The Labute approximate surface area is 203 Å². The Hall–Kier alpha value is -3.52. The van der Waals surface area contributed by atoms with Crippen LogP contribution in [-0.2, 0) is 16.1 Å². The van der Waals surface area contributed by atoms with E-state index in [-0.39, 0.29) is 6.61 Å². The van der Waals surface area contributed by atoms with E-state index < -0.39 is 12.0 Å². The predicted molar refractivity (Wildman–Crippen MR) is 134 cm³/mol. The number of para-hydroxylation sites is 1. The van der Waals surface area contributed by atoms with Gasteiger partial charge in [-0.05, 0) is 31.2 Å². The number of nitrogens with zero attached hydrogens (tertiary/aromatic N) is 3. The van der Waals surface area contributed by atoms with Gasteiger partial charge < -0.3 is 14.8 Å². The third-order valence-corrected chi connectivity index (χ3v) is 6.11. The van der Waals surface area contributed by atoms with Crippen LogP contribution in [0.2, 0.25) is 0 Å². The summed E-state index contributed by atoms with van der Waals surface area (Å²) in [5.74, 6) is 1.65. The number of fused-ring (bicyclic) bond motifs is 1. The number of carbonyl (C=O) groups is 1. The molecule has 0 aliphatic carbocycles. The maximum absolute atomic E-state index is 13.1. The second-order valence-electron chi connectivity index (χ2n) is 7.86. The van der Waals surface area contributed by atoms with Crippen molar-refractivity contribution >= 4 is 23.7 Å². The minimum atomic E-state index is -0.554. The number of nitrogens with one attached hydrogen (secondary N) is 1. The molecule has 0 bridgehead atoms. The highest BCUT2D eigenvalue weighted by atomic mass is 32.2. The molecule has 1 atom stereocenters. The predicted octanol–water partition coefficient (Wildman–Crippen LogP) is 5.30. The first-order valence-corrected chi connectivity index (χ1v) is 12.1. The van der Waals surface area contributed by atoms with E-state index >= 15 is 0 Å². The van der Waals surface area contributed by atoms with Crippen molar-refractivity contribution in [1.29, 1.82) is 0 Å². The molecule has 3 aromatic rings. The summed E-state index contributed by atoms with van der Waals surface area (Å²) in [5, 5.41) is 8.56. The van der Waals surface area contributed by atoms with E-state index in [9.17, 15) is 4.79 Å². The Morgan fingerprint density at radius 3 is 2.71 bits per heavy atom. The standard InChI is InChI=1S/C26H28N4O3S/c1-5-15-32-24(31)22-18(4)27-25-28-26(34-6-2)29-30(25)23(22)20-9-7-8-10-21(20)33-16-19-13-11-17(3)12-14-19/h5,7-14,23H,1,6,15-16H2,2-4H3,(H,27,28,29). The molecule has 2 heterocycles. The summed E-state index contributed by atoms with van der Waals surface area (Å²) in [7, 11) is 0. The van der Waals surface area contributed by atoms with Crippen LogP contribution in [0.15, 0.2) is 77.6 Å². The zero-order chi connectivity index (χ0) is 24.1. The second kappa shape index (κ2) is 10.6. The Morgan fingerprint density at radius 2 is 1.97 bits per heavy atom. The van der Waals surface area contributed by atoms with Crippen molar-refractivity contribution in [1.82, 2.24) is 14.8 Å². The summed E-state index contributed by atoms with van der Waals surface area (Å²) in [6, 6.07) is 15.4. The Kier molecular flexibility index (Phi) is 7.37. The molecule has 0 radical (unpaired) electrons. The van der Waals surface area contributed by atoms with Gasteiger partial charge in [0.05, 0.1) is 5.57 Å². The lowest BCUT2D eigenvalue weighted by Crippen LogP contribution is -2.30. The molecule has 176 valence electrons. The first kappa shape index (κ1) is 23.6. The van der Waals surface area contributed by atoms with E-state index in [1.165, 1.54) is 5.56 Å². The maximum atomic E-state index is 13.1. The molecule has 1 unspecified atom stereocenters. The molecular weight excluding hydrogens is 448 g/mol. The molecule has 0 saturated carbocycles. The number of thioether (sulfide) groups is 1. The van der Waals surface area contributed by atoms with E-state index in [0.29, 0.717) is 34.7 Å². The highest BCUT2D eigenvalue weighted by molar-refractivity contribution is 7.99. The zero-order valence-electron chi connectivity index (χ0n) is 19.6. The molecule has 0 fully saturated rings. The highest BCUT2D eigenvalue weighted by Crippen LogP contribution is 2.40. The summed E-state index contributed by atoms with van der Waals surface area (Å²) < 4.78 is 13.4. The lowest BCUT2D eigenvalue weighted by molar-refractivity contribution is -0.138. The van der Waals surface area contributed by atoms with Gasteiger partial charge in [0.25, 0.3) is 0 Å². The van der Waals surface area contributed by atoms with E-state index in [0.717, 1.165) is 16.9 Å². The van der Waals surface area contributed by atoms with Gasteiger partial charge in [-0.25, -0.2) is 9.48 Å². The summed E-state index contributed by atoms with van der Waals surface area (Å²) in [4.78, 5) is 17.8. The minimum absolute atomic E-state index is 0.120. The van der Waals surface area contributed by atoms with E-state index in [1.54, 1.807) is 22.5 Å². The number of rotatable bonds is 9. The van der Waals surface area contributed by atoms with E-state index in [1.807, 2.05) is 50.2 Å². The van der Waals surface area contributed by atoms with Crippen LogP contribution in [0.4, 0.5) is 5.95 Å². The van der Waals surface area contributed by atoms with Crippen molar-refractivity contribution in [2.24, 2.45) is 0 Å². The van der Waals surface area contributed by atoms with Crippen LogP contribution < -0.4 is 10.1 Å².